The molecule has 0 N–H and O–H groups in total. The number of carbonyl (C=O) groups excluding carboxylic acids is 1. The number of hydrogen-bond donors (Lipinski definition) is 0. The number of hydrogen-bond acceptors (Lipinski definition) is 4. The fraction of sp³-hybridized carbons (Fsp3) is 0.536. The molecule has 37 heavy (non-hydrogen) atoms. The highest BCUT2D eigenvalue weighted by molar-refractivity contribution is 6.30. The first kappa shape index (κ1) is 27.6. The van der Waals surface area contributed by atoms with Crippen LogP contribution in [0.5, 0.6) is 5.75 Å². The highest BCUT2D eigenvalue weighted by atomic mass is 35.5. The number of amides is 1. The summed E-state index contributed by atoms with van der Waals surface area (Å²) in [6.45, 7) is 4.53. The van der Waals surface area contributed by atoms with E-state index in [0.29, 0.717) is 26.1 Å². The topological polar surface area (TPSA) is 36.0 Å². The van der Waals surface area contributed by atoms with Crippen LogP contribution in [0.4, 0.5) is 18.9 Å². The van der Waals surface area contributed by atoms with Gasteiger partial charge >= 0.3 is 6.55 Å². The van der Waals surface area contributed by atoms with Crippen LogP contribution in [0.1, 0.15) is 54.8 Å². The van der Waals surface area contributed by atoms with Gasteiger partial charge in [0.2, 0.25) is 5.91 Å². The molecule has 0 bridgehead atoms. The largest absolute Gasteiger partial charge is 0.491 e. The molecular formula is C28H35ClF3N3O2. The van der Waals surface area contributed by atoms with Crippen molar-refractivity contribution in [3.63, 3.8) is 0 Å². The van der Waals surface area contributed by atoms with Crippen LogP contribution in [0.2, 0.25) is 5.02 Å². The number of rotatable bonds is 10. The summed E-state index contributed by atoms with van der Waals surface area (Å²) in [5.41, 5.74) is 3.49. The van der Waals surface area contributed by atoms with Crippen LogP contribution in [-0.4, -0.2) is 61.6 Å². The van der Waals surface area contributed by atoms with Crippen molar-refractivity contribution in [2.75, 3.05) is 44.2 Å². The Labute approximate surface area is 222 Å². The standard InChI is InChI=1S/C28H35ClF3N3O2/c1-19-20(2)26(37-17-16-34-13-5-7-27(34)36)11-9-22(19)25-6-3-4-12-33(25)14-15-35(28(31)32)21-8-10-23(29)24(30)18-21/h8-11,18,25,28H,3-7,12-17H2,1-2H3. The number of halogens is 4. The molecule has 1 unspecified atom stereocenters. The lowest BCUT2D eigenvalue weighted by molar-refractivity contribution is -0.128. The van der Waals surface area contributed by atoms with E-state index in [0.717, 1.165) is 66.6 Å². The van der Waals surface area contributed by atoms with E-state index in [2.05, 4.69) is 17.9 Å². The summed E-state index contributed by atoms with van der Waals surface area (Å²) in [5, 5.41) is -0.0862. The van der Waals surface area contributed by atoms with Crippen molar-refractivity contribution in [3.8, 4) is 5.75 Å². The van der Waals surface area contributed by atoms with Gasteiger partial charge in [0.25, 0.3) is 0 Å². The van der Waals surface area contributed by atoms with Gasteiger partial charge in [-0.2, -0.15) is 8.78 Å². The van der Waals surface area contributed by atoms with Gasteiger partial charge in [-0.1, -0.05) is 24.1 Å². The first-order valence-corrected chi connectivity index (χ1v) is 13.4. The Morgan fingerprint density at radius 3 is 2.59 bits per heavy atom. The molecule has 0 spiro atoms. The van der Waals surface area contributed by atoms with Gasteiger partial charge < -0.3 is 14.5 Å². The van der Waals surface area contributed by atoms with Crippen molar-refractivity contribution in [2.24, 2.45) is 0 Å². The SMILES string of the molecule is Cc1c(OCCN2CCCC2=O)ccc(C2CCCCN2CCN(c2ccc(Cl)c(F)c2)C(F)F)c1C. The monoisotopic (exact) mass is 537 g/mol. The maximum Gasteiger partial charge on any atom is 0.315 e. The van der Waals surface area contributed by atoms with Gasteiger partial charge in [-0.3, -0.25) is 9.69 Å². The molecule has 0 aromatic heterocycles. The van der Waals surface area contributed by atoms with Crippen LogP contribution in [0.25, 0.3) is 0 Å². The Bertz CT molecular complexity index is 1100. The second-order valence-corrected chi connectivity index (χ2v) is 10.3. The molecule has 2 fully saturated rings. The predicted molar refractivity (Wildman–Crippen MR) is 140 cm³/mol. The molecule has 2 aromatic carbocycles. The summed E-state index contributed by atoms with van der Waals surface area (Å²) >= 11 is 5.74. The summed E-state index contributed by atoms with van der Waals surface area (Å²) in [4.78, 5) is 16.9. The van der Waals surface area contributed by atoms with Crippen molar-refractivity contribution in [2.45, 2.75) is 58.5 Å². The van der Waals surface area contributed by atoms with Crippen molar-refractivity contribution in [1.29, 1.82) is 0 Å². The average molecular weight is 538 g/mol. The molecule has 1 atom stereocenters. The number of likely N-dealkylation sites (tertiary alicyclic amines) is 2. The number of carbonyl (C=O) groups is 1. The third kappa shape index (κ3) is 6.52. The second kappa shape index (κ2) is 12.4. The molecule has 202 valence electrons. The summed E-state index contributed by atoms with van der Waals surface area (Å²) in [7, 11) is 0. The third-order valence-electron chi connectivity index (χ3n) is 7.64. The van der Waals surface area contributed by atoms with E-state index in [-0.39, 0.29) is 29.2 Å². The number of ether oxygens (including phenoxy) is 1. The molecule has 9 heteroatoms. The molecule has 2 aliphatic rings. The average Bonchev–Trinajstić information content (AvgIpc) is 3.29. The molecule has 0 radical (unpaired) electrons. The van der Waals surface area contributed by atoms with Crippen LogP contribution in [0.15, 0.2) is 30.3 Å². The van der Waals surface area contributed by atoms with E-state index >= 15 is 0 Å². The van der Waals surface area contributed by atoms with E-state index in [9.17, 15) is 18.0 Å². The van der Waals surface area contributed by atoms with Crippen LogP contribution < -0.4 is 9.64 Å². The highest BCUT2D eigenvalue weighted by Crippen LogP contribution is 2.36. The van der Waals surface area contributed by atoms with Crippen LogP contribution in [-0.2, 0) is 4.79 Å². The third-order valence-corrected chi connectivity index (χ3v) is 7.95. The molecule has 2 aliphatic heterocycles. The minimum absolute atomic E-state index is 0.0731. The molecule has 0 aliphatic carbocycles. The van der Waals surface area contributed by atoms with E-state index in [1.807, 2.05) is 17.9 Å². The molecule has 4 rings (SSSR count). The van der Waals surface area contributed by atoms with Gasteiger partial charge in [0.15, 0.2) is 0 Å². The van der Waals surface area contributed by atoms with Crippen LogP contribution in [0.3, 0.4) is 0 Å². The zero-order chi connectivity index (χ0) is 26.5. The number of nitrogens with zero attached hydrogens (tertiary/aromatic N) is 3. The fourth-order valence-electron chi connectivity index (χ4n) is 5.39. The van der Waals surface area contributed by atoms with E-state index in [4.69, 9.17) is 16.3 Å². The molecular weight excluding hydrogens is 503 g/mol. The molecule has 5 nitrogen and oxygen atoms in total. The zero-order valence-corrected chi connectivity index (χ0v) is 22.2. The molecule has 0 saturated carbocycles. The number of benzene rings is 2. The van der Waals surface area contributed by atoms with Crippen molar-refractivity contribution in [3.05, 3.63) is 57.9 Å². The normalized spacial score (nSPS) is 18.6. The van der Waals surface area contributed by atoms with E-state index < -0.39 is 12.4 Å². The maximum atomic E-state index is 13.9. The van der Waals surface area contributed by atoms with Crippen LogP contribution >= 0.6 is 11.6 Å². The van der Waals surface area contributed by atoms with Crippen molar-refractivity contribution in [1.82, 2.24) is 9.80 Å². The first-order chi connectivity index (χ1) is 17.8. The maximum absolute atomic E-state index is 13.9. The molecule has 2 aromatic rings. The summed E-state index contributed by atoms with van der Waals surface area (Å²) in [6, 6.07) is 7.99. The minimum Gasteiger partial charge on any atom is -0.491 e. The number of alkyl halides is 2. The Hall–Kier alpha value is -2.45. The minimum atomic E-state index is -2.75. The quantitative estimate of drug-likeness (QED) is 0.331. The number of anilines is 1. The van der Waals surface area contributed by atoms with Gasteiger partial charge in [-0.15, -0.1) is 0 Å². The lowest BCUT2D eigenvalue weighted by Gasteiger charge is -2.38. The van der Waals surface area contributed by atoms with Crippen LogP contribution in [0, 0.1) is 19.7 Å². The van der Waals surface area contributed by atoms with E-state index in [1.165, 1.54) is 17.7 Å². The number of piperidine rings is 1. The lowest BCUT2D eigenvalue weighted by atomic mass is 9.90. The van der Waals surface area contributed by atoms with Gasteiger partial charge in [0, 0.05) is 37.8 Å². The van der Waals surface area contributed by atoms with Gasteiger partial charge in [-0.05, 0) is 80.6 Å². The Morgan fingerprint density at radius 1 is 1.08 bits per heavy atom. The first-order valence-electron chi connectivity index (χ1n) is 13.0. The smallest absolute Gasteiger partial charge is 0.315 e. The molecule has 2 saturated heterocycles. The summed E-state index contributed by atoms with van der Waals surface area (Å²) in [6.07, 6.45) is 4.56. The van der Waals surface area contributed by atoms with Gasteiger partial charge in [-0.25, -0.2) is 4.39 Å². The summed E-state index contributed by atoms with van der Waals surface area (Å²) in [5.74, 6) is 0.292. The Morgan fingerprint density at radius 2 is 1.89 bits per heavy atom. The molecule has 1 amide bonds. The lowest BCUT2D eigenvalue weighted by Crippen LogP contribution is -2.41. The van der Waals surface area contributed by atoms with Crippen molar-refractivity contribution < 1.29 is 22.7 Å². The predicted octanol–water partition coefficient (Wildman–Crippen LogP) is 6.35. The second-order valence-electron chi connectivity index (χ2n) is 9.85. The summed E-state index contributed by atoms with van der Waals surface area (Å²) < 4.78 is 47.7. The van der Waals surface area contributed by atoms with E-state index in [1.54, 1.807) is 0 Å². The molecule has 2 heterocycles. The Kier molecular flexibility index (Phi) is 9.24. The highest BCUT2D eigenvalue weighted by Gasteiger charge is 2.28. The zero-order valence-electron chi connectivity index (χ0n) is 21.5. The fourth-order valence-corrected chi connectivity index (χ4v) is 5.51. The Balaban J connectivity index is 1.43. The van der Waals surface area contributed by atoms with Gasteiger partial charge in [0.1, 0.15) is 18.2 Å². The van der Waals surface area contributed by atoms with Crippen molar-refractivity contribution >= 4 is 23.2 Å². The van der Waals surface area contributed by atoms with Gasteiger partial charge in [0.05, 0.1) is 11.6 Å².